The summed E-state index contributed by atoms with van der Waals surface area (Å²) in [6.45, 7) is 7.42. The number of nitrogens with zero attached hydrogens (tertiary/aromatic N) is 2. The highest BCUT2D eigenvalue weighted by atomic mass is 79.9. The van der Waals surface area contributed by atoms with Crippen molar-refractivity contribution in [3.63, 3.8) is 0 Å². The van der Waals surface area contributed by atoms with Gasteiger partial charge in [0.05, 0.1) is 11.1 Å². The highest BCUT2D eigenvalue weighted by Crippen LogP contribution is 2.37. The molecule has 1 saturated heterocycles. The van der Waals surface area contributed by atoms with E-state index in [1.807, 2.05) is 19.1 Å². The van der Waals surface area contributed by atoms with Crippen molar-refractivity contribution in [2.45, 2.75) is 13.5 Å². The molecule has 2 aromatic rings. The van der Waals surface area contributed by atoms with Gasteiger partial charge in [-0.25, -0.2) is 0 Å². The van der Waals surface area contributed by atoms with Crippen LogP contribution < -0.4 is 9.47 Å². The first kappa shape index (κ1) is 21.6. The molecule has 0 radical (unpaired) electrons. The average molecular weight is 473 g/mol. The molecule has 0 aliphatic carbocycles. The molecule has 0 aromatic heterocycles. The largest absolute Gasteiger partial charge is 0.490 e. The van der Waals surface area contributed by atoms with E-state index in [1.54, 1.807) is 0 Å². The Labute approximate surface area is 186 Å². The minimum absolute atomic E-state index is 0.186. The normalized spacial score (nSPS) is 14.3. The fourth-order valence-electron chi connectivity index (χ4n) is 3.34. The number of thiocarbonyl (C=S) groups is 1. The Morgan fingerprint density at radius 3 is 2.52 bits per heavy atom. The second-order valence-electron chi connectivity index (χ2n) is 6.77. The van der Waals surface area contributed by atoms with Crippen LogP contribution in [0.5, 0.6) is 11.5 Å². The summed E-state index contributed by atoms with van der Waals surface area (Å²) in [5, 5.41) is 0. The van der Waals surface area contributed by atoms with Gasteiger partial charge in [-0.15, -0.1) is 6.42 Å². The van der Waals surface area contributed by atoms with E-state index in [-0.39, 0.29) is 6.61 Å². The van der Waals surface area contributed by atoms with Crippen molar-refractivity contribution in [2.75, 3.05) is 39.4 Å². The molecule has 0 spiro atoms. The number of rotatable bonds is 7. The quantitative estimate of drug-likeness (QED) is 0.440. The lowest BCUT2D eigenvalue weighted by Gasteiger charge is -2.36. The van der Waals surface area contributed by atoms with Gasteiger partial charge in [0.1, 0.15) is 11.6 Å². The van der Waals surface area contributed by atoms with E-state index in [1.165, 1.54) is 5.56 Å². The highest BCUT2D eigenvalue weighted by molar-refractivity contribution is 9.10. The van der Waals surface area contributed by atoms with Gasteiger partial charge in [0.15, 0.2) is 11.5 Å². The molecule has 1 heterocycles. The zero-order chi connectivity index (χ0) is 20.6. The second-order valence-corrected chi connectivity index (χ2v) is 8.01. The van der Waals surface area contributed by atoms with Crippen molar-refractivity contribution in [3.05, 3.63) is 58.1 Å². The number of benzene rings is 2. The van der Waals surface area contributed by atoms with Crippen LogP contribution in [0, 0.1) is 12.3 Å². The smallest absolute Gasteiger partial charge is 0.176 e. The molecule has 0 N–H and O–H groups in total. The molecule has 1 aliphatic rings. The van der Waals surface area contributed by atoms with Gasteiger partial charge in [0, 0.05) is 38.3 Å². The third-order valence-corrected chi connectivity index (χ3v) is 5.85. The van der Waals surface area contributed by atoms with Crippen LogP contribution in [0.15, 0.2) is 46.9 Å². The first-order chi connectivity index (χ1) is 14.1. The zero-order valence-electron chi connectivity index (χ0n) is 16.6. The SMILES string of the molecule is C#CCOc1c(Br)cc(C(=S)N2CCN(Cc3ccccc3)CC2)cc1OCC. The summed E-state index contributed by atoms with van der Waals surface area (Å²) in [6, 6.07) is 14.5. The second kappa shape index (κ2) is 10.6. The molecule has 29 heavy (non-hydrogen) atoms. The molecule has 4 nitrogen and oxygen atoms in total. The molecule has 0 amide bonds. The third kappa shape index (κ3) is 5.72. The van der Waals surface area contributed by atoms with E-state index < -0.39 is 0 Å². The van der Waals surface area contributed by atoms with Crippen molar-refractivity contribution >= 4 is 33.1 Å². The van der Waals surface area contributed by atoms with Gasteiger partial charge in [-0.2, -0.15) is 0 Å². The van der Waals surface area contributed by atoms with Gasteiger partial charge >= 0.3 is 0 Å². The van der Waals surface area contributed by atoms with Crippen LogP contribution in [-0.4, -0.2) is 54.2 Å². The molecule has 0 saturated carbocycles. The van der Waals surface area contributed by atoms with E-state index in [0.29, 0.717) is 18.1 Å². The minimum atomic E-state index is 0.186. The topological polar surface area (TPSA) is 24.9 Å². The maximum atomic E-state index is 5.80. The Kier molecular flexibility index (Phi) is 7.93. The molecule has 0 unspecified atom stereocenters. The Morgan fingerprint density at radius 1 is 1.14 bits per heavy atom. The van der Waals surface area contributed by atoms with E-state index in [9.17, 15) is 0 Å². The molecular formula is C23H25BrN2O2S. The Balaban J connectivity index is 1.66. The van der Waals surface area contributed by atoms with E-state index >= 15 is 0 Å². The van der Waals surface area contributed by atoms with Gasteiger partial charge in [-0.1, -0.05) is 48.5 Å². The van der Waals surface area contributed by atoms with Gasteiger partial charge in [0.2, 0.25) is 0 Å². The van der Waals surface area contributed by atoms with Gasteiger partial charge in [-0.05, 0) is 40.5 Å². The maximum Gasteiger partial charge on any atom is 0.176 e. The molecule has 152 valence electrons. The molecule has 1 aliphatic heterocycles. The van der Waals surface area contributed by atoms with Crippen molar-refractivity contribution in [2.24, 2.45) is 0 Å². The number of ether oxygens (including phenoxy) is 2. The Morgan fingerprint density at radius 2 is 1.86 bits per heavy atom. The molecular weight excluding hydrogens is 448 g/mol. The van der Waals surface area contributed by atoms with Gasteiger partial charge in [-0.3, -0.25) is 4.90 Å². The summed E-state index contributed by atoms with van der Waals surface area (Å²) in [7, 11) is 0. The number of hydrogen-bond donors (Lipinski definition) is 0. The number of terminal acetylenes is 1. The summed E-state index contributed by atoms with van der Waals surface area (Å²) < 4.78 is 12.2. The standard InChI is InChI=1S/C23H25BrN2O2S/c1-3-14-28-22-20(24)15-19(16-21(22)27-4-2)23(29)26-12-10-25(11-13-26)17-18-8-6-5-7-9-18/h1,5-9,15-16H,4,10-14,17H2,2H3. The molecule has 2 aromatic carbocycles. The van der Waals surface area contributed by atoms with Crippen molar-refractivity contribution in [1.29, 1.82) is 0 Å². The maximum absolute atomic E-state index is 5.80. The van der Waals surface area contributed by atoms with Crippen LogP contribution in [0.25, 0.3) is 0 Å². The predicted molar refractivity (Wildman–Crippen MR) is 125 cm³/mol. The van der Waals surface area contributed by atoms with Crippen LogP contribution in [0.1, 0.15) is 18.1 Å². The monoisotopic (exact) mass is 472 g/mol. The van der Waals surface area contributed by atoms with Crippen LogP contribution in [0.3, 0.4) is 0 Å². The summed E-state index contributed by atoms with van der Waals surface area (Å²) >= 11 is 9.38. The van der Waals surface area contributed by atoms with Gasteiger partial charge in [0.25, 0.3) is 0 Å². The molecule has 6 heteroatoms. The van der Waals surface area contributed by atoms with Gasteiger partial charge < -0.3 is 14.4 Å². The number of piperazine rings is 1. The van der Waals surface area contributed by atoms with E-state index in [2.05, 4.69) is 62.0 Å². The zero-order valence-corrected chi connectivity index (χ0v) is 19.0. The molecule has 0 bridgehead atoms. The lowest BCUT2D eigenvalue weighted by atomic mass is 10.1. The minimum Gasteiger partial charge on any atom is -0.490 e. The summed E-state index contributed by atoms with van der Waals surface area (Å²) in [5.41, 5.74) is 2.29. The number of halogens is 1. The van der Waals surface area contributed by atoms with E-state index in [4.69, 9.17) is 28.1 Å². The Hall–Kier alpha value is -2.07. The first-order valence-corrected chi connectivity index (χ1v) is 10.9. The average Bonchev–Trinajstić information content (AvgIpc) is 2.74. The lowest BCUT2D eigenvalue weighted by Crippen LogP contribution is -2.48. The van der Waals surface area contributed by atoms with E-state index in [0.717, 1.165) is 47.7 Å². The van der Waals surface area contributed by atoms with Crippen LogP contribution >= 0.6 is 28.1 Å². The first-order valence-electron chi connectivity index (χ1n) is 9.70. The van der Waals surface area contributed by atoms with Crippen molar-refractivity contribution in [3.8, 4) is 23.8 Å². The van der Waals surface area contributed by atoms with Crippen molar-refractivity contribution in [1.82, 2.24) is 9.80 Å². The lowest BCUT2D eigenvalue weighted by molar-refractivity contribution is 0.177. The van der Waals surface area contributed by atoms with Crippen LogP contribution in [-0.2, 0) is 6.54 Å². The summed E-state index contributed by atoms with van der Waals surface area (Å²) in [6.07, 6.45) is 5.32. The third-order valence-electron chi connectivity index (χ3n) is 4.76. The van der Waals surface area contributed by atoms with Crippen molar-refractivity contribution < 1.29 is 9.47 Å². The fourth-order valence-corrected chi connectivity index (χ4v) is 4.20. The predicted octanol–water partition coefficient (Wildman–Crippen LogP) is 4.35. The van der Waals surface area contributed by atoms with Crippen LogP contribution in [0.2, 0.25) is 0 Å². The summed E-state index contributed by atoms with van der Waals surface area (Å²) in [5.74, 6) is 3.75. The fraction of sp³-hybridized carbons (Fsp3) is 0.348. The molecule has 0 atom stereocenters. The van der Waals surface area contributed by atoms with Crippen LogP contribution in [0.4, 0.5) is 0 Å². The number of hydrogen-bond acceptors (Lipinski definition) is 4. The molecule has 3 rings (SSSR count). The summed E-state index contributed by atoms with van der Waals surface area (Å²) in [4.78, 5) is 5.55. The highest BCUT2D eigenvalue weighted by Gasteiger charge is 2.22. The Bertz CT molecular complexity index is 874. The molecule has 1 fully saturated rings.